The molecule has 0 fully saturated rings. The molecule has 0 aliphatic carbocycles. The van der Waals surface area contributed by atoms with Crippen molar-refractivity contribution in [1.82, 2.24) is 14.0 Å². The Balaban J connectivity index is 1.60. The fourth-order valence-electron chi connectivity index (χ4n) is 2.97. The Labute approximate surface area is 179 Å². The SMILES string of the molecule is N#Cc1cc2c(Oc3ccc(F)cc3OCCn3ccc(=O)[nH]c3=O)cc(Cl)cn2c1. The lowest BCUT2D eigenvalue weighted by Crippen LogP contribution is -2.30. The number of H-pyrrole nitrogens is 1. The maximum atomic E-state index is 13.8. The molecule has 1 N–H and O–H groups in total. The van der Waals surface area contributed by atoms with E-state index >= 15 is 0 Å². The smallest absolute Gasteiger partial charge is 0.328 e. The van der Waals surface area contributed by atoms with Gasteiger partial charge in [0, 0.05) is 36.8 Å². The van der Waals surface area contributed by atoms with Crippen LogP contribution < -0.4 is 20.7 Å². The first-order valence-electron chi connectivity index (χ1n) is 9.04. The lowest BCUT2D eigenvalue weighted by Gasteiger charge is -2.14. The van der Waals surface area contributed by atoms with Gasteiger partial charge in [0.1, 0.15) is 18.5 Å². The summed E-state index contributed by atoms with van der Waals surface area (Å²) >= 11 is 6.15. The second-order valence-corrected chi connectivity index (χ2v) is 6.94. The van der Waals surface area contributed by atoms with Crippen LogP contribution in [0.1, 0.15) is 5.56 Å². The van der Waals surface area contributed by atoms with E-state index < -0.39 is 17.1 Å². The molecule has 3 heterocycles. The van der Waals surface area contributed by atoms with Gasteiger partial charge in [-0.3, -0.25) is 14.3 Å². The summed E-state index contributed by atoms with van der Waals surface area (Å²) in [6.45, 7) is 0.137. The van der Waals surface area contributed by atoms with Gasteiger partial charge >= 0.3 is 5.69 Å². The molecule has 0 spiro atoms. The number of hydrogen-bond donors (Lipinski definition) is 1. The highest BCUT2D eigenvalue weighted by Gasteiger charge is 2.13. The van der Waals surface area contributed by atoms with Gasteiger partial charge in [-0.25, -0.2) is 9.18 Å². The van der Waals surface area contributed by atoms with Gasteiger partial charge in [-0.15, -0.1) is 0 Å². The number of aromatic nitrogens is 3. The molecular formula is C21H14ClFN4O4. The molecule has 0 unspecified atom stereocenters. The van der Waals surface area contributed by atoms with Gasteiger partial charge in [0.05, 0.1) is 22.6 Å². The zero-order valence-corrected chi connectivity index (χ0v) is 16.6. The van der Waals surface area contributed by atoms with E-state index in [1.807, 2.05) is 0 Å². The second kappa shape index (κ2) is 8.38. The van der Waals surface area contributed by atoms with E-state index in [0.29, 0.717) is 21.9 Å². The molecule has 0 amide bonds. The zero-order valence-electron chi connectivity index (χ0n) is 15.8. The number of fused-ring (bicyclic) bond motifs is 1. The van der Waals surface area contributed by atoms with Crippen molar-refractivity contribution < 1.29 is 13.9 Å². The van der Waals surface area contributed by atoms with Crippen molar-refractivity contribution in [2.45, 2.75) is 6.54 Å². The molecule has 1 aromatic carbocycles. The summed E-state index contributed by atoms with van der Waals surface area (Å²) in [6.07, 6.45) is 4.59. The third-order valence-corrected chi connectivity index (χ3v) is 4.58. The normalized spacial score (nSPS) is 10.7. The van der Waals surface area contributed by atoms with Crippen LogP contribution in [0.3, 0.4) is 0 Å². The van der Waals surface area contributed by atoms with Crippen LogP contribution in [0.15, 0.2) is 64.6 Å². The van der Waals surface area contributed by atoms with Crippen LogP contribution in [0, 0.1) is 17.1 Å². The van der Waals surface area contributed by atoms with Crippen molar-refractivity contribution in [1.29, 1.82) is 5.26 Å². The fraction of sp³-hybridized carbons (Fsp3) is 0.0952. The van der Waals surface area contributed by atoms with Crippen molar-refractivity contribution in [3.8, 4) is 23.3 Å². The molecule has 8 nitrogen and oxygen atoms in total. The van der Waals surface area contributed by atoms with E-state index in [1.54, 1.807) is 28.9 Å². The molecule has 0 saturated heterocycles. The van der Waals surface area contributed by atoms with Gasteiger partial charge in [0.15, 0.2) is 17.2 Å². The van der Waals surface area contributed by atoms with Crippen LogP contribution in [-0.2, 0) is 6.54 Å². The van der Waals surface area contributed by atoms with Gasteiger partial charge in [0.25, 0.3) is 5.56 Å². The van der Waals surface area contributed by atoms with Crippen molar-refractivity contribution in [3.63, 3.8) is 0 Å². The fourth-order valence-corrected chi connectivity index (χ4v) is 3.17. The number of hydrogen-bond acceptors (Lipinski definition) is 5. The Morgan fingerprint density at radius 2 is 1.94 bits per heavy atom. The average Bonchev–Trinajstić information content (AvgIpc) is 3.14. The van der Waals surface area contributed by atoms with E-state index in [9.17, 15) is 14.0 Å². The lowest BCUT2D eigenvalue weighted by molar-refractivity contribution is 0.282. The summed E-state index contributed by atoms with van der Waals surface area (Å²) in [5.74, 6) is 0.151. The molecule has 3 aromatic heterocycles. The number of nitrogens with zero attached hydrogens (tertiary/aromatic N) is 3. The van der Waals surface area contributed by atoms with Crippen LogP contribution in [0.2, 0.25) is 5.02 Å². The molecule has 4 aromatic rings. The minimum atomic E-state index is -0.574. The number of aromatic amines is 1. The van der Waals surface area contributed by atoms with Gasteiger partial charge in [-0.05, 0) is 18.2 Å². The number of nitrogens with one attached hydrogen (secondary N) is 1. The monoisotopic (exact) mass is 440 g/mol. The number of rotatable bonds is 6. The predicted octanol–water partition coefficient (Wildman–Crippen LogP) is 3.32. The molecule has 10 heteroatoms. The number of pyridine rings is 1. The lowest BCUT2D eigenvalue weighted by atomic mass is 10.3. The molecule has 0 bridgehead atoms. The standard InChI is InChI=1S/C21H14ClFN4O4/c22-14-8-18(16-7-13(10-24)11-27(16)12-14)31-17-2-1-15(23)9-19(17)30-6-5-26-4-3-20(28)25-21(26)29/h1-4,7-9,11-12H,5-6H2,(H,25,28,29). The third kappa shape index (κ3) is 4.44. The quantitative estimate of drug-likeness (QED) is 0.495. The van der Waals surface area contributed by atoms with Crippen molar-refractivity contribution >= 4 is 17.1 Å². The molecule has 0 atom stereocenters. The summed E-state index contributed by atoms with van der Waals surface area (Å²) < 4.78 is 28.3. The molecule has 0 radical (unpaired) electrons. The molecule has 0 saturated carbocycles. The number of ether oxygens (including phenoxy) is 2. The van der Waals surface area contributed by atoms with Gasteiger partial charge in [0.2, 0.25) is 0 Å². The van der Waals surface area contributed by atoms with Crippen LogP contribution in [0.5, 0.6) is 17.2 Å². The number of benzene rings is 1. The van der Waals surface area contributed by atoms with Crippen LogP contribution in [0.4, 0.5) is 4.39 Å². The van der Waals surface area contributed by atoms with Crippen molar-refractivity contribution in [2.24, 2.45) is 0 Å². The Morgan fingerprint density at radius 3 is 2.71 bits per heavy atom. The molecule has 31 heavy (non-hydrogen) atoms. The minimum Gasteiger partial charge on any atom is -0.488 e. The summed E-state index contributed by atoms with van der Waals surface area (Å²) in [7, 11) is 0. The van der Waals surface area contributed by atoms with Gasteiger partial charge in [-0.1, -0.05) is 11.6 Å². The number of nitriles is 1. The van der Waals surface area contributed by atoms with Crippen LogP contribution >= 0.6 is 11.6 Å². The Morgan fingerprint density at radius 1 is 1.10 bits per heavy atom. The average molecular weight is 441 g/mol. The highest BCUT2D eigenvalue weighted by Crippen LogP contribution is 2.36. The minimum absolute atomic E-state index is 0.0143. The summed E-state index contributed by atoms with van der Waals surface area (Å²) in [6, 6.07) is 10.3. The Bertz CT molecular complexity index is 1430. The summed E-state index contributed by atoms with van der Waals surface area (Å²) in [4.78, 5) is 25.0. The molecule has 4 rings (SSSR count). The molecule has 156 valence electrons. The number of halogens is 2. The summed E-state index contributed by atoms with van der Waals surface area (Å²) in [5.41, 5.74) is -0.0551. The van der Waals surface area contributed by atoms with E-state index in [2.05, 4.69) is 11.1 Å². The van der Waals surface area contributed by atoms with Crippen molar-refractivity contribution in [3.05, 3.63) is 92.2 Å². The zero-order chi connectivity index (χ0) is 22.0. The van der Waals surface area contributed by atoms with E-state index in [4.69, 9.17) is 26.3 Å². The van der Waals surface area contributed by atoms with Gasteiger partial charge in [-0.2, -0.15) is 5.26 Å². The molecular weight excluding hydrogens is 427 g/mol. The topological polar surface area (TPSA) is 102 Å². The Hall–Kier alpha value is -4.03. The van der Waals surface area contributed by atoms with E-state index in [-0.39, 0.29) is 24.7 Å². The van der Waals surface area contributed by atoms with E-state index in [1.165, 1.54) is 29.0 Å². The largest absolute Gasteiger partial charge is 0.488 e. The summed E-state index contributed by atoms with van der Waals surface area (Å²) in [5, 5.41) is 9.53. The van der Waals surface area contributed by atoms with Crippen LogP contribution in [-0.4, -0.2) is 20.6 Å². The van der Waals surface area contributed by atoms with Gasteiger partial charge < -0.3 is 13.9 Å². The maximum Gasteiger partial charge on any atom is 0.328 e. The third-order valence-electron chi connectivity index (χ3n) is 4.37. The predicted molar refractivity (Wildman–Crippen MR) is 110 cm³/mol. The van der Waals surface area contributed by atoms with Crippen LogP contribution in [0.25, 0.3) is 5.52 Å². The first-order valence-corrected chi connectivity index (χ1v) is 9.42. The first kappa shape index (κ1) is 20.3. The van der Waals surface area contributed by atoms with Crippen molar-refractivity contribution in [2.75, 3.05) is 6.61 Å². The molecule has 0 aliphatic rings. The second-order valence-electron chi connectivity index (χ2n) is 6.50. The first-order chi connectivity index (χ1) is 14.9. The highest BCUT2D eigenvalue weighted by molar-refractivity contribution is 6.30. The highest BCUT2D eigenvalue weighted by atomic mass is 35.5. The Kier molecular flexibility index (Phi) is 5.47. The molecule has 0 aliphatic heterocycles. The maximum absolute atomic E-state index is 13.8. The van der Waals surface area contributed by atoms with E-state index in [0.717, 1.165) is 6.07 Å².